The molecule has 0 aliphatic carbocycles. The summed E-state index contributed by atoms with van der Waals surface area (Å²) in [7, 11) is 0. The maximum atomic E-state index is 11.7. The van der Waals surface area contributed by atoms with Crippen LogP contribution < -0.4 is 10.6 Å². The third-order valence-electron chi connectivity index (χ3n) is 2.66. The van der Waals surface area contributed by atoms with Gasteiger partial charge in [0.25, 0.3) is 0 Å². The molecule has 20 heavy (non-hydrogen) atoms. The van der Waals surface area contributed by atoms with Gasteiger partial charge >= 0.3 is 12.0 Å². The number of aromatic amines is 1. The van der Waals surface area contributed by atoms with E-state index in [4.69, 9.17) is 0 Å². The molecule has 0 saturated heterocycles. The smallest absolute Gasteiger partial charge is 0.330 e. The van der Waals surface area contributed by atoms with E-state index >= 15 is 0 Å². The quantitative estimate of drug-likeness (QED) is 0.653. The van der Waals surface area contributed by atoms with Crippen molar-refractivity contribution in [1.29, 1.82) is 0 Å². The van der Waals surface area contributed by atoms with E-state index in [1.807, 2.05) is 0 Å². The Kier molecular flexibility index (Phi) is 4.33. The monoisotopic (exact) mass is 274 g/mol. The molecule has 1 heterocycles. The van der Waals surface area contributed by atoms with Crippen LogP contribution in [0.1, 0.15) is 17.2 Å². The number of nitrogens with zero attached hydrogens (tertiary/aromatic N) is 1. The van der Waals surface area contributed by atoms with Gasteiger partial charge in [0.15, 0.2) is 6.04 Å². The van der Waals surface area contributed by atoms with Crippen molar-refractivity contribution in [3.8, 4) is 0 Å². The number of nitrogens with one attached hydrogen (secondary N) is 3. The van der Waals surface area contributed by atoms with E-state index in [2.05, 4.69) is 20.8 Å². The number of carboxylic acids is 1. The Hall–Kier alpha value is -2.83. The van der Waals surface area contributed by atoms with Gasteiger partial charge < -0.3 is 15.7 Å². The van der Waals surface area contributed by atoms with Gasteiger partial charge in [0.2, 0.25) is 0 Å². The normalized spacial score (nSPS) is 11.6. The molecular formula is C13H14N4O3. The standard InChI is InChI=1S/C13H14N4O3/c18-12(19)11(10-4-2-1-3-5-10)17-13(20)14-6-9-7-15-16-8-9/h1-5,7-8,11H,6H2,(H,15,16)(H,18,19)(H2,14,17,20)/t11-/m0/s1. The molecule has 0 aliphatic rings. The fourth-order valence-corrected chi connectivity index (χ4v) is 1.67. The predicted molar refractivity (Wildman–Crippen MR) is 70.8 cm³/mol. The molecule has 104 valence electrons. The number of rotatable bonds is 5. The summed E-state index contributed by atoms with van der Waals surface area (Å²) in [6.45, 7) is 0.267. The van der Waals surface area contributed by atoms with E-state index in [0.29, 0.717) is 5.56 Å². The third kappa shape index (κ3) is 3.58. The Bertz CT molecular complexity index is 569. The van der Waals surface area contributed by atoms with Gasteiger partial charge in [-0.05, 0) is 5.56 Å². The first-order chi connectivity index (χ1) is 9.66. The van der Waals surface area contributed by atoms with Crippen molar-refractivity contribution < 1.29 is 14.7 Å². The summed E-state index contributed by atoms with van der Waals surface area (Å²) in [6.07, 6.45) is 3.22. The zero-order valence-corrected chi connectivity index (χ0v) is 10.5. The van der Waals surface area contributed by atoms with Crippen LogP contribution in [0.2, 0.25) is 0 Å². The Morgan fingerprint density at radius 3 is 2.65 bits per heavy atom. The fraction of sp³-hybridized carbons (Fsp3) is 0.154. The lowest BCUT2D eigenvalue weighted by Gasteiger charge is -2.15. The Labute approximate surface area is 115 Å². The first kappa shape index (κ1) is 13.6. The lowest BCUT2D eigenvalue weighted by molar-refractivity contribution is -0.139. The highest BCUT2D eigenvalue weighted by atomic mass is 16.4. The number of carbonyl (C=O) groups is 2. The van der Waals surface area contributed by atoms with Gasteiger partial charge in [0, 0.05) is 18.3 Å². The molecule has 4 N–H and O–H groups in total. The minimum Gasteiger partial charge on any atom is -0.479 e. The van der Waals surface area contributed by atoms with Crippen LogP contribution in [0.4, 0.5) is 4.79 Å². The predicted octanol–water partition coefficient (Wildman–Crippen LogP) is 1.03. The molecule has 0 aliphatic heterocycles. The highest BCUT2D eigenvalue weighted by Gasteiger charge is 2.21. The second-order valence-corrected chi connectivity index (χ2v) is 4.12. The van der Waals surface area contributed by atoms with E-state index in [1.165, 1.54) is 0 Å². The van der Waals surface area contributed by atoms with Gasteiger partial charge in [-0.2, -0.15) is 5.10 Å². The number of H-pyrrole nitrogens is 1. The van der Waals surface area contributed by atoms with Crippen molar-refractivity contribution >= 4 is 12.0 Å². The minimum atomic E-state index is -1.12. The van der Waals surface area contributed by atoms with Crippen molar-refractivity contribution in [1.82, 2.24) is 20.8 Å². The average molecular weight is 274 g/mol. The minimum absolute atomic E-state index is 0.267. The molecule has 7 nitrogen and oxygen atoms in total. The zero-order valence-electron chi connectivity index (χ0n) is 10.5. The molecule has 2 aromatic rings. The number of amides is 2. The molecule has 0 saturated carbocycles. The van der Waals surface area contributed by atoms with Crippen LogP contribution in [0.3, 0.4) is 0 Å². The molecule has 7 heteroatoms. The van der Waals surface area contributed by atoms with E-state index in [0.717, 1.165) is 5.56 Å². The van der Waals surface area contributed by atoms with Gasteiger partial charge in [-0.3, -0.25) is 5.10 Å². The molecule has 0 spiro atoms. The maximum Gasteiger partial charge on any atom is 0.330 e. The summed E-state index contributed by atoms with van der Waals surface area (Å²) in [6, 6.07) is 6.88. The fourth-order valence-electron chi connectivity index (χ4n) is 1.67. The van der Waals surface area contributed by atoms with Crippen LogP contribution in [0, 0.1) is 0 Å². The van der Waals surface area contributed by atoms with E-state index in [1.54, 1.807) is 42.7 Å². The molecule has 0 radical (unpaired) electrons. The van der Waals surface area contributed by atoms with Crippen molar-refractivity contribution in [2.45, 2.75) is 12.6 Å². The molecule has 0 bridgehead atoms. The molecular weight excluding hydrogens is 260 g/mol. The number of hydrogen-bond donors (Lipinski definition) is 4. The lowest BCUT2D eigenvalue weighted by atomic mass is 10.1. The summed E-state index contributed by atoms with van der Waals surface area (Å²) in [4.78, 5) is 22.9. The number of urea groups is 1. The van der Waals surface area contributed by atoms with E-state index in [9.17, 15) is 14.7 Å². The summed E-state index contributed by atoms with van der Waals surface area (Å²) < 4.78 is 0. The van der Waals surface area contributed by atoms with Crippen LogP contribution in [0.5, 0.6) is 0 Å². The molecule has 2 rings (SSSR count). The van der Waals surface area contributed by atoms with E-state index < -0.39 is 18.0 Å². The molecule has 1 aromatic heterocycles. The van der Waals surface area contributed by atoms with Crippen LogP contribution in [0.25, 0.3) is 0 Å². The van der Waals surface area contributed by atoms with Crippen molar-refractivity contribution in [3.05, 3.63) is 53.9 Å². The Balaban J connectivity index is 1.95. The zero-order chi connectivity index (χ0) is 14.4. The van der Waals surface area contributed by atoms with Gasteiger partial charge in [0.05, 0.1) is 6.20 Å². The summed E-state index contributed by atoms with van der Waals surface area (Å²) in [5.74, 6) is -1.12. The molecule has 0 fully saturated rings. The van der Waals surface area contributed by atoms with Gasteiger partial charge in [-0.1, -0.05) is 30.3 Å². The van der Waals surface area contributed by atoms with Crippen molar-refractivity contribution in [2.24, 2.45) is 0 Å². The van der Waals surface area contributed by atoms with Gasteiger partial charge in [0.1, 0.15) is 0 Å². The van der Waals surface area contributed by atoms with Crippen LogP contribution >= 0.6 is 0 Å². The first-order valence-electron chi connectivity index (χ1n) is 5.96. The number of aromatic nitrogens is 2. The third-order valence-corrected chi connectivity index (χ3v) is 2.66. The van der Waals surface area contributed by atoms with Crippen LogP contribution in [0.15, 0.2) is 42.7 Å². The molecule has 1 aromatic carbocycles. The van der Waals surface area contributed by atoms with Gasteiger partial charge in [-0.25, -0.2) is 9.59 Å². The number of carboxylic acid groups (broad SMARTS) is 1. The second kappa shape index (κ2) is 6.37. The highest BCUT2D eigenvalue weighted by molar-refractivity contribution is 5.83. The topological polar surface area (TPSA) is 107 Å². The van der Waals surface area contributed by atoms with E-state index in [-0.39, 0.29) is 6.54 Å². The molecule has 0 unspecified atom stereocenters. The second-order valence-electron chi connectivity index (χ2n) is 4.12. The number of aliphatic carboxylic acids is 1. The highest BCUT2D eigenvalue weighted by Crippen LogP contribution is 2.12. The summed E-state index contributed by atoms with van der Waals surface area (Å²) in [5, 5.41) is 20.5. The SMILES string of the molecule is O=C(NCc1cn[nH]c1)N[C@H](C(=O)O)c1ccccc1. The maximum absolute atomic E-state index is 11.7. The number of hydrogen-bond acceptors (Lipinski definition) is 3. The van der Waals surface area contributed by atoms with Crippen molar-refractivity contribution in [2.75, 3.05) is 0 Å². The average Bonchev–Trinajstić information content (AvgIpc) is 2.96. The first-order valence-corrected chi connectivity index (χ1v) is 5.96. The largest absolute Gasteiger partial charge is 0.479 e. The summed E-state index contributed by atoms with van der Waals surface area (Å²) >= 11 is 0. The Morgan fingerprint density at radius 2 is 2.05 bits per heavy atom. The molecule has 2 amide bonds. The number of benzene rings is 1. The number of carbonyl (C=O) groups excluding carboxylic acids is 1. The Morgan fingerprint density at radius 1 is 1.30 bits per heavy atom. The van der Waals surface area contributed by atoms with Crippen molar-refractivity contribution in [3.63, 3.8) is 0 Å². The van der Waals surface area contributed by atoms with Crippen LogP contribution in [-0.4, -0.2) is 27.3 Å². The van der Waals surface area contributed by atoms with Crippen LogP contribution in [-0.2, 0) is 11.3 Å². The summed E-state index contributed by atoms with van der Waals surface area (Å²) in [5.41, 5.74) is 1.31. The lowest BCUT2D eigenvalue weighted by Crippen LogP contribution is -2.40. The molecule has 1 atom stereocenters. The van der Waals surface area contributed by atoms with Gasteiger partial charge in [-0.15, -0.1) is 0 Å².